The summed E-state index contributed by atoms with van der Waals surface area (Å²) in [6.45, 7) is 1.82. The van der Waals surface area contributed by atoms with Crippen LogP contribution in [0.2, 0.25) is 0 Å². The number of nitrogens with one attached hydrogen (secondary N) is 1. The van der Waals surface area contributed by atoms with Crippen LogP contribution < -0.4 is 15.9 Å². The van der Waals surface area contributed by atoms with Gasteiger partial charge in [0.2, 0.25) is 5.91 Å². The molecule has 0 heterocycles. The summed E-state index contributed by atoms with van der Waals surface area (Å²) in [6, 6.07) is 14.7. The second-order valence-corrected chi connectivity index (χ2v) is 4.88. The lowest BCUT2D eigenvalue weighted by molar-refractivity contribution is -0.120. The van der Waals surface area contributed by atoms with E-state index in [4.69, 9.17) is 10.5 Å². The van der Waals surface area contributed by atoms with Gasteiger partial charge in [0, 0.05) is 5.69 Å². The first kappa shape index (κ1) is 15.6. The Balaban J connectivity index is 1.95. The number of nitrogens with zero attached hydrogens (tertiary/aromatic N) is 1. The van der Waals surface area contributed by atoms with Gasteiger partial charge in [0.05, 0.1) is 19.2 Å². The number of amides is 1. The Bertz CT molecular complexity index is 679. The molecule has 0 radical (unpaired) electrons. The summed E-state index contributed by atoms with van der Waals surface area (Å²) < 4.78 is 5.08. The van der Waals surface area contributed by atoms with E-state index in [0.29, 0.717) is 11.4 Å². The minimum absolute atomic E-state index is 0.173. The number of hydrogen-bond donors (Lipinski definition) is 2. The van der Waals surface area contributed by atoms with E-state index in [0.717, 1.165) is 16.9 Å². The molecule has 5 nitrogen and oxygen atoms in total. The molecule has 0 aliphatic heterocycles. The van der Waals surface area contributed by atoms with Gasteiger partial charge in [-0.2, -0.15) is 5.10 Å². The molecule has 0 aromatic heterocycles. The second kappa shape index (κ2) is 7.26. The third-order valence-electron chi connectivity index (χ3n) is 3.18. The van der Waals surface area contributed by atoms with Gasteiger partial charge in [0.15, 0.2) is 0 Å². The minimum Gasteiger partial charge on any atom is -0.497 e. The highest BCUT2D eigenvalue weighted by molar-refractivity contribution is 5.99. The summed E-state index contributed by atoms with van der Waals surface area (Å²) in [7, 11) is 1.61. The third kappa shape index (κ3) is 4.34. The predicted molar refractivity (Wildman–Crippen MR) is 87.9 cm³/mol. The molecule has 2 rings (SSSR count). The number of carbonyl (C=O) groups is 1. The van der Waals surface area contributed by atoms with Crippen molar-refractivity contribution in [3.63, 3.8) is 0 Å². The van der Waals surface area contributed by atoms with Crippen LogP contribution in [0.3, 0.4) is 0 Å². The molecule has 0 fully saturated rings. The Hall–Kier alpha value is -2.82. The van der Waals surface area contributed by atoms with Gasteiger partial charge in [-0.15, -0.1) is 0 Å². The zero-order valence-corrected chi connectivity index (χ0v) is 12.7. The average Bonchev–Trinajstić information content (AvgIpc) is 2.53. The Morgan fingerprint density at radius 2 is 1.95 bits per heavy atom. The SMILES string of the molecule is COc1ccc(CC(=O)N/N=C(\C)c2cccc(N)c2)cc1. The number of hydrazone groups is 1. The third-order valence-corrected chi connectivity index (χ3v) is 3.18. The standard InChI is InChI=1S/C17H19N3O2/c1-12(14-4-3-5-15(18)11-14)19-20-17(21)10-13-6-8-16(22-2)9-7-13/h3-9,11H,10,18H2,1-2H3,(H,20,21)/b19-12+. The van der Waals surface area contributed by atoms with Gasteiger partial charge < -0.3 is 10.5 Å². The Morgan fingerprint density at radius 3 is 2.59 bits per heavy atom. The number of benzene rings is 2. The molecule has 0 aliphatic rings. The van der Waals surface area contributed by atoms with Crippen molar-refractivity contribution in [1.82, 2.24) is 5.43 Å². The number of ether oxygens (including phenoxy) is 1. The highest BCUT2D eigenvalue weighted by Gasteiger charge is 2.04. The number of nitrogens with two attached hydrogens (primary N) is 1. The van der Waals surface area contributed by atoms with E-state index >= 15 is 0 Å². The topological polar surface area (TPSA) is 76.7 Å². The molecule has 0 bridgehead atoms. The van der Waals surface area contributed by atoms with Gasteiger partial charge in [0.25, 0.3) is 0 Å². The molecular formula is C17H19N3O2. The van der Waals surface area contributed by atoms with E-state index in [1.807, 2.05) is 49.4 Å². The van der Waals surface area contributed by atoms with Gasteiger partial charge in [0.1, 0.15) is 5.75 Å². The van der Waals surface area contributed by atoms with Crippen LogP contribution in [0.25, 0.3) is 0 Å². The van der Waals surface area contributed by atoms with E-state index in [9.17, 15) is 4.79 Å². The smallest absolute Gasteiger partial charge is 0.244 e. The van der Waals surface area contributed by atoms with E-state index in [1.54, 1.807) is 13.2 Å². The maximum Gasteiger partial charge on any atom is 0.244 e. The molecule has 0 atom stereocenters. The lowest BCUT2D eigenvalue weighted by Crippen LogP contribution is -2.21. The first-order chi connectivity index (χ1) is 10.6. The quantitative estimate of drug-likeness (QED) is 0.505. The summed E-state index contributed by atoms with van der Waals surface area (Å²) in [5.41, 5.74) is 11.4. The van der Waals surface area contributed by atoms with Crippen molar-refractivity contribution < 1.29 is 9.53 Å². The van der Waals surface area contributed by atoms with Crippen LogP contribution in [0.4, 0.5) is 5.69 Å². The zero-order valence-electron chi connectivity index (χ0n) is 12.7. The van der Waals surface area contributed by atoms with E-state index in [-0.39, 0.29) is 12.3 Å². The van der Waals surface area contributed by atoms with Crippen molar-refractivity contribution in [2.75, 3.05) is 12.8 Å². The van der Waals surface area contributed by atoms with E-state index in [2.05, 4.69) is 10.5 Å². The molecule has 0 unspecified atom stereocenters. The highest BCUT2D eigenvalue weighted by atomic mass is 16.5. The maximum absolute atomic E-state index is 11.9. The molecule has 2 aromatic rings. The first-order valence-corrected chi connectivity index (χ1v) is 6.90. The number of anilines is 1. The van der Waals surface area contributed by atoms with Crippen molar-refractivity contribution in [1.29, 1.82) is 0 Å². The molecule has 0 saturated carbocycles. The molecule has 114 valence electrons. The molecule has 1 amide bonds. The lowest BCUT2D eigenvalue weighted by Gasteiger charge is -2.05. The maximum atomic E-state index is 11.9. The Morgan fingerprint density at radius 1 is 1.23 bits per heavy atom. The minimum atomic E-state index is -0.173. The molecule has 0 aliphatic carbocycles. The zero-order chi connectivity index (χ0) is 15.9. The summed E-state index contributed by atoms with van der Waals surface area (Å²) in [4.78, 5) is 11.9. The number of methoxy groups -OCH3 is 1. The molecule has 0 spiro atoms. The molecule has 3 N–H and O–H groups in total. The summed E-state index contributed by atoms with van der Waals surface area (Å²) in [6.07, 6.45) is 0.262. The highest BCUT2D eigenvalue weighted by Crippen LogP contribution is 2.11. The van der Waals surface area contributed by atoms with Gasteiger partial charge >= 0.3 is 0 Å². The van der Waals surface area contributed by atoms with Crippen molar-refractivity contribution in [3.8, 4) is 5.75 Å². The molecule has 22 heavy (non-hydrogen) atoms. The monoisotopic (exact) mass is 297 g/mol. The molecule has 5 heteroatoms. The number of nitrogen functional groups attached to an aromatic ring is 1. The van der Waals surface area contributed by atoms with Crippen LogP contribution in [0, 0.1) is 0 Å². The fraction of sp³-hybridized carbons (Fsp3) is 0.176. The normalized spacial score (nSPS) is 11.1. The molecule has 2 aromatic carbocycles. The summed E-state index contributed by atoms with van der Waals surface area (Å²) in [5.74, 6) is 0.591. The molecular weight excluding hydrogens is 278 g/mol. The number of hydrogen-bond acceptors (Lipinski definition) is 4. The van der Waals surface area contributed by atoms with Gasteiger partial charge in [-0.05, 0) is 42.3 Å². The van der Waals surface area contributed by atoms with Crippen molar-refractivity contribution in [2.24, 2.45) is 5.10 Å². The van der Waals surface area contributed by atoms with Crippen LogP contribution in [0.1, 0.15) is 18.1 Å². The fourth-order valence-electron chi connectivity index (χ4n) is 1.94. The summed E-state index contributed by atoms with van der Waals surface area (Å²) in [5, 5.41) is 4.10. The Kier molecular flexibility index (Phi) is 5.14. The predicted octanol–water partition coefficient (Wildman–Crippen LogP) is 2.36. The largest absolute Gasteiger partial charge is 0.497 e. The van der Waals surface area contributed by atoms with Crippen molar-refractivity contribution in [3.05, 3.63) is 59.7 Å². The second-order valence-electron chi connectivity index (χ2n) is 4.88. The van der Waals surface area contributed by atoms with Gasteiger partial charge in [-0.3, -0.25) is 4.79 Å². The number of rotatable bonds is 5. The Labute approximate surface area is 129 Å². The average molecular weight is 297 g/mol. The van der Waals surface area contributed by atoms with E-state index in [1.165, 1.54) is 0 Å². The van der Waals surface area contributed by atoms with Crippen LogP contribution in [-0.2, 0) is 11.2 Å². The van der Waals surface area contributed by atoms with Crippen LogP contribution in [0.5, 0.6) is 5.75 Å². The molecule has 0 saturated heterocycles. The van der Waals surface area contributed by atoms with Crippen LogP contribution in [0.15, 0.2) is 53.6 Å². The van der Waals surface area contributed by atoms with Crippen molar-refractivity contribution >= 4 is 17.3 Å². The van der Waals surface area contributed by atoms with Crippen molar-refractivity contribution in [2.45, 2.75) is 13.3 Å². The van der Waals surface area contributed by atoms with Crippen LogP contribution in [-0.4, -0.2) is 18.7 Å². The van der Waals surface area contributed by atoms with Gasteiger partial charge in [-0.25, -0.2) is 5.43 Å². The van der Waals surface area contributed by atoms with Crippen LogP contribution >= 0.6 is 0 Å². The van der Waals surface area contributed by atoms with E-state index < -0.39 is 0 Å². The summed E-state index contributed by atoms with van der Waals surface area (Å²) >= 11 is 0. The lowest BCUT2D eigenvalue weighted by atomic mass is 10.1. The van der Waals surface area contributed by atoms with Gasteiger partial charge in [-0.1, -0.05) is 24.3 Å². The fourth-order valence-corrected chi connectivity index (χ4v) is 1.94. The number of carbonyl (C=O) groups excluding carboxylic acids is 1. The first-order valence-electron chi connectivity index (χ1n) is 6.90.